The van der Waals surface area contributed by atoms with Gasteiger partial charge in [-0.15, -0.1) is 0 Å². The monoisotopic (exact) mass is 222 g/mol. The quantitative estimate of drug-likeness (QED) is 0.645. The lowest BCUT2D eigenvalue weighted by molar-refractivity contribution is -0.122. The molecule has 1 fully saturated rings. The van der Waals surface area contributed by atoms with E-state index in [1.54, 1.807) is 0 Å². The van der Waals surface area contributed by atoms with Crippen molar-refractivity contribution in [3.8, 4) is 0 Å². The van der Waals surface area contributed by atoms with Crippen LogP contribution in [0.2, 0.25) is 0 Å². The van der Waals surface area contributed by atoms with Crippen LogP contribution in [0.5, 0.6) is 0 Å². The summed E-state index contributed by atoms with van der Waals surface area (Å²) in [6.07, 6.45) is 5.48. The molecule has 0 bridgehead atoms. The van der Waals surface area contributed by atoms with Gasteiger partial charge in [0.15, 0.2) is 0 Å². The van der Waals surface area contributed by atoms with Crippen molar-refractivity contribution >= 4 is 5.78 Å². The highest BCUT2D eigenvalue weighted by Gasteiger charge is 2.34. The Balaban J connectivity index is 2.57. The zero-order valence-corrected chi connectivity index (χ0v) is 11.3. The van der Waals surface area contributed by atoms with E-state index in [0.29, 0.717) is 11.7 Å². The normalized spacial score (nSPS) is 30.8. The third-order valence-electron chi connectivity index (χ3n) is 4.30. The fourth-order valence-corrected chi connectivity index (χ4v) is 2.70. The van der Waals surface area contributed by atoms with E-state index in [1.807, 2.05) is 13.8 Å². The summed E-state index contributed by atoms with van der Waals surface area (Å²) in [5, 5.41) is 0. The van der Waals surface area contributed by atoms with Crippen molar-refractivity contribution in [3.63, 3.8) is 0 Å². The van der Waals surface area contributed by atoms with Crippen molar-refractivity contribution in [2.45, 2.75) is 59.8 Å². The van der Waals surface area contributed by atoms with Crippen molar-refractivity contribution in [1.82, 2.24) is 0 Å². The zero-order chi connectivity index (χ0) is 12.3. The molecule has 0 saturated heterocycles. The summed E-state index contributed by atoms with van der Waals surface area (Å²) in [4.78, 5) is 11.7. The van der Waals surface area contributed by atoms with Gasteiger partial charge in [0.05, 0.1) is 0 Å². The fraction of sp³-hybridized carbons (Fsp3) is 0.800. The minimum Gasteiger partial charge on any atom is -0.299 e. The third kappa shape index (κ3) is 2.96. The van der Waals surface area contributed by atoms with Crippen LogP contribution in [0.15, 0.2) is 12.2 Å². The summed E-state index contributed by atoms with van der Waals surface area (Å²) in [6.45, 7) is 12.8. The number of allylic oxidation sites excluding steroid dienone is 1. The van der Waals surface area contributed by atoms with Gasteiger partial charge in [-0.2, -0.15) is 0 Å². The lowest BCUT2D eigenvalue weighted by Crippen LogP contribution is -2.28. The molecule has 1 saturated carbocycles. The summed E-state index contributed by atoms with van der Waals surface area (Å²) in [7, 11) is 0. The second-order valence-electron chi connectivity index (χ2n) is 6.00. The first-order valence-electron chi connectivity index (χ1n) is 6.59. The standard InChI is InChI=1S/C15H26O/c1-11(2)14(16)8-10-15(5)9-6-7-12(3)13(15)4/h11-12H,4,6-10H2,1-3,5H3. The van der Waals surface area contributed by atoms with E-state index in [2.05, 4.69) is 20.4 Å². The Labute approximate surface area is 100 Å². The summed E-state index contributed by atoms with van der Waals surface area (Å²) in [6, 6.07) is 0. The Kier molecular flexibility index (Phi) is 4.35. The van der Waals surface area contributed by atoms with Crippen molar-refractivity contribution in [3.05, 3.63) is 12.2 Å². The van der Waals surface area contributed by atoms with Gasteiger partial charge >= 0.3 is 0 Å². The largest absolute Gasteiger partial charge is 0.299 e. The van der Waals surface area contributed by atoms with Crippen LogP contribution in [0.4, 0.5) is 0 Å². The van der Waals surface area contributed by atoms with E-state index in [9.17, 15) is 4.79 Å². The zero-order valence-electron chi connectivity index (χ0n) is 11.3. The van der Waals surface area contributed by atoms with Crippen LogP contribution in [-0.4, -0.2) is 5.78 Å². The lowest BCUT2D eigenvalue weighted by Gasteiger charge is -2.39. The van der Waals surface area contributed by atoms with E-state index >= 15 is 0 Å². The Bertz CT molecular complexity index is 277. The number of carbonyl (C=O) groups excluding carboxylic acids is 1. The maximum Gasteiger partial charge on any atom is 0.135 e. The van der Waals surface area contributed by atoms with Gasteiger partial charge in [-0.05, 0) is 30.6 Å². The molecule has 0 aromatic heterocycles. The van der Waals surface area contributed by atoms with E-state index in [0.717, 1.165) is 12.8 Å². The van der Waals surface area contributed by atoms with Gasteiger partial charge in [-0.1, -0.05) is 46.3 Å². The van der Waals surface area contributed by atoms with Crippen LogP contribution in [-0.2, 0) is 4.79 Å². The molecule has 0 aromatic rings. The van der Waals surface area contributed by atoms with Crippen LogP contribution in [0.25, 0.3) is 0 Å². The lowest BCUT2D eigenvalue weighted by atomic mass is 9.65. The smallest absolute Gasteiger partial charge is 0.135 e. The van der Waals surface area contributed by atoms with Crippen LogP contribution < -0.4 is 0 Å². The molecule has 0 amide bonds. The van der Waals surface area contributed by atoms with Crippen molar-refractivity contribution < 1.29 is 4.79 Å². The third-order valence-corrected chi connectivity index (χ3v) is 4.30. The predicted molar refractivity (Wildman–Crippen MR) is 69.3 cm³/mol. The molecule has 0 N–H and O–H groups in total. The molecule has 16 heavy (non-hydrogen) atoms. The highest BCUT2D eigenvalue weighted by Crippen LogP contribution is 2.45. The first-order valence-corrected chi connectivity index (χ1v) is 6.59. The van der Waals surface area contributed by atoms with Gasteiger partial charge in [0.25, 0.3) is 0 Å². The molecule has 1 aliphatic rings. The van der Waals surface area contributed by atoms with Gasteiger partial charge in [0, 0.05) is 12.3 Å². The molecule has 1 rings (SSSR count). The van der Waals surface area contributed by atoms with Gasteiger partial charge in [0.1, 0.15) is 5.78 Å². The van der Waals surface area contributed by atoms with E-state index in [-0.39, 0.29) is 11.3 Å². The first kappa shape index (κ1) is 13.5. The molecule has 0 spiro atoms. The summed E-state index contributed by atoms with van der Waals surface area (Å²) in [5.74, 6) is 1.21. The average molecular weight is 222 g/mol. The second-order valence-corrected chi connectivity index (χ2v) is 6.00. The molecular formula is C15H26O. The van der Waals surface area contributed by atoms with E-state index in [4.69, 9.17) is 0 Å². The maximum absolute atomic E-state index is 11.7. The number of ketones is 1. The van der Waals surface area contributed by atoms with Gasteiger partial charge in [-0.25, -0.2) is 0 Å². The molecule has 0 aromatic carbocycles. The summed E-state index contributed by atoms with van der Waals surface area (Å²) < 4.78 is 0. The SMILES string of the molecule is C=C1C(C)CCCC1(C)CCC(=O)C(C)C. The molecule has 2 atom stereocenters. The van der Waals surface area contributed by atoms with Gasteiger partial charge in [0.2, 0.25) is 0 Å². The molecule has 92 valence electrons. The second kappa shape index (κ2) is 5.16. The Morgan fingerprint density at radius 2 is 2.19 bits per heavy atom. The Morgan fingerprint density at radius 1 is 1.56 bits per heavy atom. The van der Waals surface area contributed by atoms with Crippen molar-refractivity contribution in [1.29, 1.82) is 0 Å². The molecule has 0 aliphatic heterocycles. The van der Waals surface area contributed by atoms with E-state index in [1.165, 1.54) is 24.8 Å². The summed E-state index contributed by atoms with van der Waals surface area (Å²) in [5.41, 5.74) is 1.58. The molecular weight excluding hydrogens is 196 g/mol. The minimum absolute atomic E-state index is 0.179. The van der Waals surface area contributed by atoms with Crippen LogP contribution in [0.1, 0.15) is 59.8 Å². The number of carbonyl (C=O) groups is 1. The molecule has 2 unspecified atom stereocenters. The van der Waals surface area contributed by atoms with Gasteiger partial charge in [-0.3, -0.25) is 4.79 Å². The average Bonchev–Trinajstić information content (AvgIpc) is 2.22. The Hall–Kier alpha value is -0.590. The maximum atomic E-state index is 11.7. The van der Waals surface area contributed by atoms with Gasteiger partial charge < -0.3 is 0 Å². The fourth-order valence-electron chi connectivity index (χ4n) is 2.70. The topological polar surface area (TPSA) is 17.1 Å². The molecule has 1 nitrogen and oxygen atoms in total. The predicted octanol–water partition coefficient (Wildman–Crippen LogP) is 4.37. The minimum atomic E-state index is 0.179. The van der Waals surface area contributed by atoms with Crippen molar-refractivity contribution in [2.24, 2.45) is 17.3 Å². The number of hydrogen-bond donors (Lipinski definition) is 0. The highest BCUT2D eigenvalue weighted by atomic mass is 16.1. The molecule has 1 heteroatoms. The highest BCUT2D eigenvalue weighted by molar-refractivity contribution is 5.80. The summed E-state index contributed by atoms with van der Waals surface area (Å²) >= 11 is 0. The number of rotatable bonds is 4. The van der Waals surface area contributed by atoms with Crippen LogP contribution in [0, 0.1) is 17.3 Å². The first-order chi connectivity index (χ1) is 7.37. The molecule has 1 aliphatic carbocycles. The molecule has 0 radical (unpaired) electrons. The van der Waals surface area contributed by atoms with Crippen LogP contribution in [0.3, 0.4) is 0 Å². The van der Waals surface area contributed by atoms with Crippen molar-refractivity contribution in [2.75, 3.05) is 0 Å². The number of hydrogen-bond acceptors (Lipinski definition) is 1. The van der Waals surface area contributed by atoms with Crippen LogP contribution >= 0.6 is 0 Å². The molecule has 0 heterocycles. The number of Topliss-reactive ketones (excluding diaryl/α,β-unsaturated/α-hetero) is 1. The Morgan fingerprint density at radius 3 is 2.75 bits per heavy atom. The van der Waals surface area contributed by atoms with E-state index < -0.39 is 0 Å².